The number of halogens is 3. The maximum atomic E-state index is 14.5. The van der Waals surface area contributed by atoms with Crippen molar-refractivity contribution in [3.05, 3.63) is 88.4 Å². The summed E-state index contributed by atoms with van der Waals surface area (Å²) in [6.45, 7) is -0.0139. The van der Waals surface area contributed by atoms with Crippen molar-refractivity contribution < 1.29 is 23.1 Å². The minimum absolute atomic E-state index is 0.222. The lowest BCUT2D eigenvalue weighted by Gasteiger charge is -2.33. The molecular formula is C25H20ClF2N3O3S. The molecule has 3 aromatic carbocycles. The second kappa shape index (κ2) is 9.05. The third-order valence-corrected chi connectivity index (χ3v) is 7.79. The van der Waals surface area contributed by atoms with Gasteiger partial charge in [-0.3, -0.25) is 9.69 Å². The van der Waals surface area contributed by atoms with Crippen molar-refractivity contribution in [3.8, 4) is 5.75 Å². The van der Waals surface area contributed by atoms with E-state index in [2.05, 4.69) is 5.32 Å². The van der Waals surface area contributed by atoms with Gasteiger partial charge >= 0.3 is 6.03 Å². The molecule has 0 saturated carbocycles. The Labute approximate surface area is 209 Å². The molecule has 1 atom stereocenters. The Hall–Kier alpha value is -3.30. The molecule has 0 unspecified atom stereocenters. The zero-order valence-electron chi connectivity index (χ0n) is 18.6. The molecule has 180 valence electrons. The molecule has 0 aromatic heterocycles. The quantitative estimate of drug-likeness (QED) is 0.491. The van der Waals surface area contributed by atoms with E-state index < -0.39 is 28.4 Å². The van der Waals surface area contributed by atoms with Crippen molar-refractivity contribution >= 4 is 46.7 Å². The first kappa shape index (κ1) is 23.4. The number of nitrogens with one attached hydrogen (secondary N) is 1. The fraction of sp³-hybridized carbons (Fsp3) is 0.200. The third kappa shape index (κ3) is 3.88. The molecule has 0 aliphatic carbocycles. The van der Waals surface area contributed by atoms with Crippen LogP contribution in [0.5, 0.6) is 5.75 Å². The van der Waals surface area contributed by atoms with Crippen molar-refractivity contribution in [1.82, 2.24) is 4.90 Å². The highest BCUT2D eigenvalue weighted by molar-refractivity contribution is 8.01. The zero-order valence-corrected chi connectivity index (χ0v) is 20.1. The van der Waals surface area contributed by atoms with Crippen molar-refractivity contribution in [3.63, 3.8) is 0 Å². The summed E-state index contributed by atoms with van der Waals surface area (Å²) >= 11 is 7.24. The average Bonchev–Trinajstić information content (AvgIpc) is 3.39. The van der Waals surface area contributed by atoms with Crippen molar-refractivity contribution in [2.24, 2.45) is 0 Å². The minimum Gasteiger partial charge on any atom is -0.497 e. The molecule has 6 nitrogen and oxygen atoms in total. The number of rotatable bonds is 4. The smallest absolute Gasteiger partial charge is 0.323 e. The van der Waals surface area contributed by atoms with Crippen LogP contribution in [0.25, 0.3) is 0 Å². The Bertz CT molecular complexity index is 1300. The maximum absolute atomic E-state index is 14.5. The predicted octanol–water partition coefficient (Wildman–Crippen LogP) is 5.61. The summed E-state index contributed by atoms with van der Waals surface area (Å²) < 4.78 is 34.3. The van der Waals surface area contributed by atoms with Crippen molar-refractivity contribution in [1.29, 1.82) is 0 Å². The fourth-order valence-corrected chi connectivity index (χ4v) is 6.02. The fourth-order valence-electron chi connectivity index (χ4n) is 4.44. The molecule has 2 heterocycles. The number of carbonyl (C=O) groups excluding carboxylic acids is 2. The van der Waals surface area contributed by atoms with E-state index in [4.69, 9.17) is 16.3 Å². The van der Waals surface area contributed by atoms with E-state index in [9.17, 15) is 18.4 Å². The summed E-state index contributed by atoms with van der Waals surface area (Å²) in [4.78, 5) is 28.8. The number of benzene rings is 3. The molecule has 1 N–H and O–H groups in total. The van der Waals surface area contributed by atoms with E-state index in [1.54, 1.807) is 42.5 Å². The van der Waals surface area contributed by atoms with E-state index in [1.165, 1.54) is 34.7 Å². The molecule has 5 rings (SSSR count). The number of carbonyl (C=O) groups is 2. The Morgan fingerprint density at radius 2 is 1.86 bits per heavy atom. The minimum atomic E-state index is -1.40. The van der Waals surface area contributed by atoms with Crippen LogP contribution in [0.2, 0.25) is 5.02 Å². The molecule has 1 spiro atoms. The Morgan fingerprint density at radius 3 is 2.54 bits per heavy atom. The number of thioether (sulfide) groups is 1. The molecule has 3 aromatic rings. The van der Waals surface area contributed by atoms with Crippen LogP contribution in [-0.2, 0) is 16.2 Å². The highest BCUT2D eigenvalue weighted by Gasteiger charge is 2.59. The van der Waals surface area contributed by atoms with Crippen LogP contribution < -0.4 is 15.0 Å². The van der Waals surface area contributed by atoms with Crippen molar-refractivity contribution in [2.45, 2.75) is 11.4 Å². The average molecular weight is 516 g/mol. The van der Waals surface area contributed by atoms with Gasteiger partial charge in [0, 0.05) is 34.1 Å². The summed E-state index contributed by atoms with van der Waals surface area (Å²) in [6.07, 6.45) is 0. The third-order valence-electron chi connectivity index (χ3n) is 6.12. The number of methoxy groups -OCH3 is 1. The lowest BCUT2D eigenvalue weighted by molar-refractivity contribution is -0.123. The number of fused-ring (bicyclic) bond motifs is 2. The molecule has 2 aliphatic rings. The van der Waals surface area contributed by atoms with Crippen LogP contribution in [0, 0.1) is 11.6 Å². The van der Waals surface area contributed by atoms with Crippen LogP contribution in [0.1, 0.15) is 11.1 Å². The number of ether oxygens (including phenoxy) is 1. The number of anilines is 2. The number of hydrogen-bond donors (Lipinski definition) is 1. The predicted molar refractivity (Wildman–Crippen MR) is 132 cm³/mol. The second-order valence-corrected chi connectivity index (χ2v) is 9.78. The molecule has 3 amide bonds. The normalized spacial score (nSPS) is 18.8. The largest absolute Gasteiger partial charge is 0.497 e. The van der Waals surface area contributed by atoms with Gasteiger partial charge in [0.1, 0.15) is 17.4 Å². The van der Waals surface area contributed by atoms with E-state index in [1.807, 2.05) is 0 Å². The van der Waals surface area contributed by atoms with Gasteiger partial charge in [-0.15, -0.1) is 11.8 Å². The van der Waals surface area contributed by atoms with E-state index in [0.29, 0.717) is 40.0 Å². The number of hydrogen-bond acceptors (Lipinski definition) is 4. The Balaban J connectivity index is 1.56. The first-order chi connectivity index (χ1) is 16.8. The Kier molecular flexibility index (Phi) is 6.06. The lowest BCUT2D eigenvalue weighted by Crippen LogP contribution is -2.51. The van der Waals surface area contributed by atoms with E-state index in [0.717, 1.165) is 12.1 Å². The molecule has 1 saturated heterocycles. The molecule has 0 bridgehead atoms. The highest BCUT2D eigenvalue weighted by atomic mass is 35.5. The molecule has 2 aliphatic heterocycles. The summed E-state index contributed by atoms with van der Waals surface area (Å²) in [5, 5.41) is 3.35. The van der Waals surface area contributed by atoms with Gasteiger partial charge in [-0.2, -0.15) is 0 Å². The first-order valence-corrected chi connectivity index (χ1v) is 12.1. The number of nitrogens with zero attached hydrogens (tertiary/aromatic N) is 2. The van der Waals surface area contributed by atoms with Gasteiger partial charge in [-0.05, 0) is 54.6 Å². The zero-order chi connectivity index (χ0) is 24.7. The van der Waals surface area contributed by atoms with E-state index >= 15 is 0 Å². The molecular weight excluding hydrogens is 496 g/mol. The molecule has 0 radical (unpaired) electrons. The molecule has 10 heteroatoms. The van der Waals surface area contributed by atoms with Crippen LogP contribution in [0.15, 0.2) is 60.7 Å². The number of urea groups is 1. The second-order valence-electron chi connectivity index (χ2n) is 8.06. The SMILES string of the molecule is COc1ccc2c(c1)[C@@]1(SCCN1C(=O)Nc1ccc(Cl)cc1)C(=O)N2Cc1c(F)cccc1F. The van der Waals surface area contributed by atoms with Crippen LogP contribution in [-0.4, -0.2) is 36.2 Å². The van der Waals surface area contributed by atoms with Gasteiger partial charge in [0.2, 0.25) is 0 Å². The number of amides is 3. The van der Waals surface area contributed by atoms with Gasteiger partial charge in [0.15, 0.2) is 4.87 Å². The summed E-state index contributed by atoms with van der Waals surface area (Å²) in [7, 11) is 1.50. The van der Waals surface area contributed by atoms with Gasteiger partial charge in [-0.25, -0.2) is 13.6 Å². The van der Waals surface area contributed by atoms with Crippen LogP contribution >= 0.6 is 23.4 Å². The summed E-state index contributed by atoms with van der Waals surface area (Å²) in [5.41, 5.74) is 1.30. The van der Waals surface area contributed by atoms with Crippen LogP contribution in [0.4, 0.5) is 25.0 Å². The maximum Gasteiger partial charge on any atom is 0.323 e. The first-order valence-electron chi connectivity index (χ1n) is 10.8. The van der Waals surface area contributed by atoms with Gasteiger partial charge in [0.05, 0.1) is 19.3 Å². The van der Waals surface area contributed by atoms with Gasteiger partial charge < -0.3 is 15.0 Å². The lowest BCUT2D eigenvalue weighted by atomic mass is 10.1. The van der Waals surface area contributed by atoms with Crippen LogP contribution in [0.3, 0.4) is 0 Å². The summed E-state index contributed by atoms with van der Waals surface area (Å²) in [5.74, 6) is -0.939. The van der Waals surface area contributed by atoms with E-state index in [-0.39, 0.29) is 12.1 Å². The topological polar surface area (TPSA) is 61.9 Å². The molecule has 1 fully saturated rings. The van der Waals surface area contributed by atoms with Gasteiger partial charge in [-0.1, -0.05) is 17.7 Å². The monoisotopic (exact) mass is 515 g/mol. The Morgan fingerprint density at radius 1 is 1.14 bits per heavy atom. The highest BCUT2D eigenvalue weighted by Crippen LogP contribution is 2.55. The summed E-state index contributed by atoms with van der Waals surface area (Å²) in [6, 6.07) is 14.8. The van der Waals surface area contributed by atoms with Crippen molar-refractivity contribution in [2.75, 3.05) is 29.6 Å². The van der Waals surface area contributed by atoms with Gasteiger partial charge in [0.25, 0.3) is 5.91 Å². The molecule has 35 heavy (non-hydrogen) atoms. The standard InChI is InChI=1S/C25H20ClF2N3O3S/c1-34-17-9-10-22-19(13-17)25(23(32)30(22)14-18-20(27)3-2-4-21(18)28)31(11-12-35-25)24(33)29-16-7-5-15(26)6-8-16/h2-10,13H,11-12,14H2,1H3,(H,29,33)/t25-/m1/s1.